The van der Waals surface area contributed by atoms with E-state index in [1.54, 1.807) is 6.07 Å². The van der Waals surface area contributed by atoms with Gasteiger partial charge < -0.3 is 10.6 Å². The van der Waals surface area contributed by atoms with Crippen molar-refractivity contribution in [2.24, 2.45) is 0 Å². The summed E-state index contributed by atoms with van der Waals surface area (Å²) in [5.74, 6) is -0.303. The Morgan fingerprint density at radius 2 is 2.27 bits per heavy atom. The third kappa shape index (κ3) is 1.95. The minimum atomic E-state index is -0.303. The highest BCUT2D eigenvalue weighted by molar-refractivity contribution is 9.10. The lowest BCUT2D eigenvalue weighted by atomic mass is 10.2. The van der Waals surface area contributed by atoms with E-state index in [4.69, 9.17) is 5.73 Å². The predicted molar refractivity (Wildman–Crippen MR) is 64.6 cm³/mol. The van der Waals surface area contributed by atoms with E-state index in [9.17, 15) is 4.39 Å². The lowest BCUT2D eigenvalue weighted by Gasteiger charge is -2.25. The van der Waals surface area contributed by atoms with E-state index in [-0.39, 0.29) is 5.82 Å². The van der Waals surface area contributed by atoms with Crippen LogP contribution in [0, 0.1) is 5.82 Å². The van der Waals surface area contributed by atoms with E-state index in [0.717, 1.165) is 12.2 Å². The maximum absolute atomic E-state index is 13.2. The largest absolute Gasteiger partial charge is 0.397 e. The molecule has 1 unspecified atom stereocenters. The van der Waals surface area contributed by atoms with Crippen molar-refractivity contribution in [1.82, 2.24) is 0 Å². The minimum absolute atomic E-state index is 0.303. The number of benzene rings is 1. The van der Waals surface area contributed by atoms with Crippen molar-refractivity contribution < 1.29 is 4.39 Å². The molecular weight excluding hydrogens is 259 g/mol. The summed E-state index contributed by atoms with van der Waals surface area (Å²) in [6.45, 7) is 3.17. The van der Waals surface area contributed by atoms with Crippen LogP contribution in [0.1, 0.15) is 19.8 Å². The van der Waals surface area contributed by atoms with E-state index in [2.05, 4.69) is 27.8 Å². The van der Waals surface area contributed by atoms with Crippen LogP contribution in [-0.4, -0.2) is 12.6 Å². The van der Waals surface area contributed by atoms with Crippen LogP contribution in [0.2, 0.25) is 0 Å². The Hall–Kier alpha value is -0.770. The molecule has 1 aliphatic heterocycles. The quantitative estimate of drug-likeness (QED) is 0.796. The van der Waals surface area contributed by atoms with Gasteiger partial charge in [-0.2, -0.15) is 0 Å². The lowest BCUT2D eigenvalue weighted by molar-refractivity contribution is 0.621. The van der Waals surface area contributed by atoms with Gasteiger partial charge in [-0.25, -0.2) is 4.39 Å². The minimum Gasteiger partial charge on any atom is -0.397 e. The van der Waals surface area contributed by atoms with Crippen molar-refractivity contribution in [3.63, 3.8) is 0 Å². The molecule has 1 fully saturated rings. The zero-order valence-electron chi connectivity index (χ0n) is 8.63. The van der Waals surface area contributed by atoms with Crippen molar-refractivity contribution in [1.29, 1.82) is 0 Å². The predicted octanol–water partition coefficient (Wildman–Crippen LogP) is 3.16. The molecule has 15 heavy (non-hydrogen) atoms. The van der Waals surface area contributed by atoms with Gasteiger partial charge in [0.2, 0.25) is 0 Å². The summed E-state index contributed by atoms with van der Waals surface area (Å²) >= 11 is 3.19. The van der Waals surface area contributed by atoms with Crippen LogP contribution in [0.5, 0.6) is 0 Å². The molecular formula is C11H14BrFN2. The fourth-order valence-electron chi connectivity index (χ4n) is 2.09. The zero-order valence-corrected chi connectivity index (χ0v) is 10.2. The topological polar surface area (TPSA) is 29.3 Å². The fourth-order valence-corrected chi connectivity index (χ4v) is 2.42. The highest BCUT2D eigenvalue weighted by atomic mass is 79.9. The van der Waals surface area contributed by atoms with Crippen LogP contribution >= 0.6 is 15.9 Å². The summed E-state index contributed by atoms with van der Waals surface area (Å²) in [7, 11) is 0. The molecule has 1 saturated heterocycles. The number of rotatable bonds is 1. The standard InChI is InChI=1S/C11H14BrFN2/c1-7-3-2-4-15(7)11-5-8(12)9(13)6-10(11)14/h5-7H,2-4,14H2,1H3. The van der Waals surface area contributed by atoms with Gasteiger partial charge in [-0.3, -0.25) is 0 Å². The maximum Gasteiger partial charge on any atom is 0.139 e. The Balaban J connectivity index is 2.39. The summed E-state index contributed by atoms with van der Waals surface area (Å²) < 4.78 is 13.7. The molecule has 0 spiro atoms. The monoisotopic (exact) mass is 272 g/mol. The van der Waals surface area contributed by atoms with Gasteiger partial charge in [-0.15, -0.1) is 0 Å². The van der Waals surface area contributed by atoms with Crippen LogP contribution in [0.15, 0.2) is 16.6 Å². The molecule has 82 valence electrons. The Morgan fingerprint density at radius 3 is 2.87 bits per heavy atom. The van der Waals surface area contributed by atoms with Gasteiger partial charge >= 0.3 is 0 Å². The summed E-state index contributed by atoms with van der Waals surface area (Å²) in [5, 5.41) is 0. The Morgan fingerprint density at radius 1 is 1.53 bits per heavy atom. The third-order valence-electron chi connectivity index (χ3n) is 2.93. The van der Waals surface area contributed by atoms with Gasteiger partial charge in [0.1, 0.15) is 5.82 Å². The molecule has 1 heterocycles. The van der Waals surface area contributed by atoms with E-state index < -0.39 is 0 Å². The van der Waals surface area contributed by atoms with Crippen molar-refractivity contribution >= 4 is 27.3 Å². The Bertz CT molecular complexity index is 381. The summed E-state index contributed by atoms with van der Waals surface area (Å²) in [6, 6.07) is 3.64. The number of anilines is 2. The number of hydrogen-bond donors (Lipinski definition) is 1. The lowest BCUT2D eigenvalue weighted by Crippen LogP contribution is -2.27. The first kappa shape index (κ1) is 10.7. The number of hydrogen-bond acceptors (Lipinski definition) is 2. The first-order chi connectivity index (χ1) is 7.09. The van der Waals surface area contributed by atoms with Crippen molar-refractivity contribution in [2.45, 2.75) is 25.8 Å². The molecule has 1 aromatic rings. The number of halogens is 2. The smallest absolute Gasteiger partial charge is 0.139 e. The second-order valence-electron chi connectivity index (χ2n) is 4.01. The van der Waals surface area contributed by atoms with Crippen molar-refractivity contribution in [3.8, 4) is 0 Å². The van der Waals surface area contributed by atoms with Crippen LogP contribution in [0.3, 0.4) is 0 Å². The van der Waals surface area contributed by atoms with Gasteiger partial charge in [-0.05, 0) is 41.8 Å². The molecule has 1 aliphatic rings. The van der Waals surface area contributed by atoms with E-state index in [0.29, 0.717) is 16.2 Å². The van der Waals surface area contributed by atoms with Gasteiger partial charge in [0.05, 0.1) is 15.8 Å². The van der Waals surface area contributed by atoms with E-state index in [1.807, 2.05) is 0 Å². The molecule has 0 radical (unpaired) electrons. The molecule has 0 aliphatic carbocycles. The van der Waals surface area contributed by atoms with Crippen LogP contribution in [0.25, 0.3) is 0 Å². The molecule has 1 atom stereocenters. The molecule has 0 aromatic heterocycles. The van der Waals surface area contributed by atoms with Crippen molar-refractivity contribution in [2.75, 3.05) is 17.2 Å². The van der Waals surface area contributed by atoms with Crippen LogP contribution in [0.4, 0.5) is 15.8 Å². The SMILES string of the molecule is CC1CCCN1c1cc(Br)c(F)cc1N. The second kappa shape index (κ2) is 4.00. The average molecular weight is 273 g/mol. The highest BCUT2D eigenvalue weighted by Crippen LogP contribution is 2.33. The molecule has 0 saturated carbocycles. The van der Waals surface area contributed by atoms with Crippen molar-refractivity contribution in [3.05, 3.63) is 22.4 Å². The molecule has 0 bridgehead atoms. The Labute approximate surface area is 97.4 Å². The molecule has 4 heteroatoms. The molecule has 2 N–H and O–H groups in total. The van der Waals surface area contributed by atoms with E-state index in [1.165, 1.54) is 18.9 Å². The van der Waals surface area contributed by atoms with Crippen LogP contribution in [-0.2, 0) is 0 Å². The Kier molecular flexibility index (Phi) is 2.87. The highest BCUT2D eigenvalue weighted by Gasteiger charge is 2.22. The average Bonchev–Trinajstić information content (AvgIpc) is 2.58. The maximum atomic E-state index is 13.2. The normalized spacial score (nSPS) is 21.0. The second-order valence-corrected chi connectivity index (χ2v) is 4.86. The molecule has 2 nitrogen and oxygen atoms in total. The molecule has 0 amide bonds. The summed E-state index contributed by atoms with van der Waals surface area (Å²) in [5.41, 5.74) is 7.29. The zero-order chi connectivity index (χ0) is 11.0. The molecule has 2 rings (SSSR count). The van der Waals surface area contributed by atoms with Gasteiger partial charge in [0, 0.05) is 18.7 Å². The first-order valence-electron chi connectivity index (χ1n) is 5.10. The molecule has 1 aromatic carbocycles. The fraction of sp³-hybridized carbons (Fsp3) is 0.455. The van der Waals surface area contributed by atoms with E-state index >= 15 is 0 Å². The third-order valence-corrected chi connectivity index (χ3v) is 3.54. The van der Waals surface area contributed by atoms with Crippen LogP contribution < -0.4 is 10.6 Å². The first-order valence-corrected chi connectivity index (χ1v) is 5.90. The van der Waals surface area contributed by atoms with Gasteiger partial charge in [0.25, 0.3) is 0 Å². The number of nitrogens with two attached hydrogens (primary N) is 1. The van der Waals surface area contributed by atoms with Gasteiger partial charge in [-0.1, -0.05) is 0 Å². The number of nitrogens with zero attached hydrogens (tertiary/aromatic N) is 1. The van der Waals surface area contributed by atoms with Gasteiger partial charge in [0.15, 0.2) is 0 Å². The summed E-state index contributed by atoms with van der Waals surface area (Å²) in [4.78, 5) is 2.24. The summed E-state index contributed by atoms with van der Waals surface area (Å²) in [6.07, 6.45) is 2.35. The number of nitrogen functional groups attached to an aromatic ring is 1.